The van der Waals surface area contributed by atoms with E-state index in [0.29, 0.717) is 6.54 Å². The predicted molar refractivity (Wildman–Crippen MR) is 76.2 cm³/mol. The summed E-state index contributed by atoms with van der Waals surface area (Å²) in [6, 6.07) is 1.94. The third-order valence-corrected chi connectivity index (χ3v) is 3.90. The second-order valence-corrected chi connectivity index (χ2v) is 6.15. The predicted octanol–water partition coefficient (Wildman–Crippen LogP) is 1.24. The van der Waals surface area contributed by atoms with Crippen LogP contribution in [0.5, 0.6) is 0 Å². The third-order valence-electron chi connectivity index (χ3n) is 2.78. The average molecular weight is 339 g/mol. The minimum absolute atomic E-state index is 0.0911. The molecule has 0 saturated carbocycles. The zero-order valence-corrected chi connectivity index (χ0v) is 13.2. The average Bonchev–Trinajstić information content (AvgIpc) is 2.40. The SMILES string of the molecule is CCN(CCOC)C(=O)c1cc(Cl)cc(S(N)(=O)=O)c1F. The lowest BCUT2D eigenvalue weighted by atomic mass is 10.2. The molecule has 0 unspecified atom stereocenters. The van der Waals surface area contributed by atoms with E-state index in [-0.39, 0.29) is 18.2 Å². The summed E-state index contributed by atoms with van der Waals surface area (Å²) in [4.78, 5) is 12.8. The zero-order chi connectivity index (χ0) is 16.2. The number of carbonyl (C=O) groups excluding carboxylic acids is 1. The van der Waals surface area contributed by atoms with Gasteiger partial charge in [-0.1, -0.05) is 11.6 Å². The number of primary sulfonamides is 1. The summed E-state index contributed by atoms with van der Waals surface area (Å²) in [6.45, 7) is 2.52. The quantitative estimate of drug-likeness (QED) is 0.844. The Balaban J connectivity index is 3.30. The summed E-state index contributed by atoms with van der Waals surface area (Å²) in [5, 5.41) is 4.82. The Bertz CT molecular complexity index is 636. The van der Waals surface area contributed by atoms with Crippen molar-refractivity contribution in [1.82, 2.24) is 4.90 Å². The summed E-state index contributed by atoms with van der Waals surface area (Å²) in [5.74, 6) is -1.89. The molecule has 0 aliphatic carbocycles. The van der Waals surface area contributed by atoms with E-state index in [4.69, 9.17) is 21.5 Å². The van der Waals surface area contributed by atoms with Gasteiger partial charge in [-0.3, -0.25) is 4.79 Å². The fourth-order valence-corrected chi connectivity index (χ4v) is 2.64. The monoisotopic (exact) mass is 338 g/mol. The molecule has 21 heavy (non-hydrogen) atoms. The Kier molecular flexibility index (Phi) is 6.09. The van der Waals surface area contributed by atoms with Gasteiger partial charge in [0.25, 0.3) is 5.91 Å². The van der Waals surface area contributed by atoms with Crippen molar-refractivity contribution in [2.75, 3.05) is 26.8 Å². The molecule has 0 aliphatic rings. The topological polar surface area (TPSA) is 89.7 Å². The number of rotatable bonds is 6. The molecule has 2 N–H and O–H groups in total. The van der Waals surface area contributed by atoms with Gasteiger partial charge in [0.2, 0.25) is 10.0 Å². The Morgan fingerprint density at radius 1 is 1.48 bits per heavy atom. The van der Waals surface area contributed by atoms with Gasteiger partial charge in [-0.25, -0.2) is 17.9 Å². The number of hydrogen-bond acceptors (Lipinski definition) is 4. The van der Waals surface area contributed by atoms with Crippen molar-refractivity contribution in [2.24, 2.45) is 5.14 Å². The first kappa shape index (κ1) is 17.8. The molecule has 0 saturated heterocycles. The van der Waals surface area contributed by atoms with Gasteiger partial charge >= 0.3 is 0 Å². The number of sulfonamides is 1. The maximum atomic E-state index is 14.2. The van der Waals surface area contributed by atoms with Crippen molar-refractivity contribution < 1.29 is 22.3 Å². The van der Waals surface area contributed by atoms with Crippen LogP contribution in [-0.2, 0) is 14.8 Å². The van der Waals surface area contributed by atoms with Crippen LogP contribution in [0.2, 0.25) is 5.02 Å². The number of nitrogens with zero attached hydrogens (tertiary/aromatic N) is 1. The summed E-state index contributed by atoms with van der Waals surface area (Å²) < 4.78 is 41.7. The molecular weight excluding hydrogens is 323 g/mol. The van der Waals surface area contributed by atoms with E-state index in [2.05, 4.69) is 0 Å². The van der Waals surface area contributed by atoms with Gasteiger partial charge in [-0.05, 0) is 19.1 Å². The van der Waals surface area contributed by atoms with Crippen molar-refractivity contribution in [3.63, 3.8) is 0 Å². The fraction of sp³-hybridized carbons (Fsp3) is 0.417. The molecule has 0 radical (unpaired) electrons. The summed E-state index contributed by atoms with van der Waals surface area (Å²) in [5.41, 5.74) is -0.440. The van der Waals surface area contributed by atoms with Crippen LogP contribution >= 0.6 is 11.6 Å². The number of nitrogens with two attached hydrogens (primary N) is 1. The molecule has 0 atom stereocenters. The van der Waals surface area contributed by atoms with Gasteiger partial charge < -0.3 is 9.64 Å². The van der Waals surface area contributed by atoms with Gasteiger partial charge in [-0.15, -0.1) is 0 Å². The largest absolute Gasteiger partial charge is 0.383 e. The molecule has 1 rings (SSSR count). The van der Waals surface area contributed by atoms with Crippen molar-refractivity contribution in [3.05, 3.63) is 28.5 Å². The summed E-state index contributed by atoms with van der Waals surface area (Å²) in [7, 11) is -2.85. The minimum atomic E-state index is -4.32. The van der Waals surface area contributed by atoms with Crippen molar-refractivity contribution in [3.8, 4) is 0 Å². The smallest absolute Gasteiger partial charge is 0.256 e. The number of amides is 1. The van der Waals surface area contributed by atoms with E-state index < -0.39 is 32.2 Å². The second-order valence-electron chi connectivity index (χ2n) is 4.19. The van der Waals surface area contributed by atoms with Crippen LogP contribution in [-0.4, -0.2) is 46.0 Å². The maximum absolute atomic E-state index is 14.2. The molecule has 0 heterocycles. The molecule has 1 aromatic rings. The van der Waals surface area contributed by atoms with Crippen LogP contribution in [0.4, 0.5) is 4.39 Å². The van der Waals surface area contributed by atoms with Crippen molar-refractivity contribution in [1.29, 1.82) is 0 Å². The first-order valence-corrected chi connectivity index (χ1v) is 7.94. The van der Waals surface area contributed by atoms with Gasteiger partial charge in [0.1, 0.15) is 4.90 Å². The Morgan fingerprint density at radius 3 is 2.57 bits per heavy atom. The highest BCUT2D eigenvalue weighted by molar-refractivity contribution is 7.89. The molecule has 118 valence electrons. The molecule has 6 nitrogen and oxygen atoms in total. The number of carbonyl (C=O) groups is 1. The van der Waals surface area contributed by atoms with E-state index in [1.165, 1.54) is 12.0 Å². The molecule has 0 fully saturated rings. The van der Waals surface area contributed by atoms with Crippen LogP contribution in [0.25, 0.3) is 0 Å². The first-order valence-electron chi connectivity index (χ1n) is 6.02. The second kappa shape index (κ2) is 7.17. The number of halogens is 2. The highest BCUT2D eigenvalue weighted by Crippen LogP contribution is 2.24. The number of ether oxygens (including phenoxy) is 1. The van der Waals surface area contributed by atoms with E-state index in [1.807, 2.05) is 0 Å². The minimum Gasteiger partial charge on any atom is -0.383 e. The fourth-order valence-electron chi connectivity index (χ4n) is 1.70. The van der Waals surface area contributed by atoms with E-state index in [9.17, 15) is 17.6 Å². The Morgan fingerprint density at radius 2 is 2.10 bits per heavy atom. The van der Waals surface area contributed by atoms with Crippen LogP contribution in [0, 0.1) is 5.82 Å². The van der Waals surface area contributed by atoms with Crippen LogP contribution in [0.15, 0.2) is 17.0 Å². The molecular formula is C12H16ClFN2O4S. The lowest BCUT2D eigenvalue weighted by molar-refractivity contribution is 0.0701. The molecule has 0 aliphatic heterocycles. The lowest BCUT2D eigenvalue weighted by Crippen LogP contribution is -2.34. The number of likely N-dealkylation sites (N-methyl/N-ethyl adjacent to an activating group) is 1. The van der Waals surface area contributed by atoms with Crippen molar-refractivity contribution in [2.45, 2.75) is 11.8 Å². The number of methoxy groups -OCH3 is 1. The van der Waals surface area contributed by atoms with Crippen LogP contribution < -0.4 is 5.14 Å². The molecule has 1 aromatic carbocycles. The Labute approximate surface area is 127 Å². The molecule has 0 aromatic heterocycles. The van der Waals surface area contributed by atoms with E-state index in [1.54, 1.807) is 6.92 Å². The number of hydrogen-bond donors (Lipinski definition) is 1. The van der Waals surface area contributed by atoms with Crippen molar-refractivity contribution >= 4 is 27.5 Å². The molecule has 0 bridgehead atoms. The summed E-state index contributed by atoms with van der Waals surface area (Å²) >= 11 is 5.74. The van der Waals surface area contributed by atoms with Crippen LogP contribution in [0.3, 0.4) is 0 Å². The highest BCUT2D eigenvalue weighted by atomic mass is 35.5. The molecule has 0 spiro atoms. The normalized spacial score (nSPS) is 11.5. The molecule has 9 heteroatoms. The third kappa shape index (κ3) is 4.37. The Hall–Kier alpha value is -1.22. The standard InChI is InChI=1S/C12H16ClFN2O4S/c1-3-16(4-5-20-2)12(17)9-6-8(13)7-10(11(9)14)21(15,18)19/h6-7H,3-5H2,1-2H3,(H2,15,18,19). The lowest BCUT2D eigenvalue weighted by Gasteiger charge is -2.21. The summed E-state index contributed by atoms with van der Waals surface area (Å²) in [6.07, 6.45) is 0. The molecule has 1 amide bonds. The highest BCUT2D eigenvalue weighted by Gasteiger charge is 2.25. The van der Waals surface area contributed by atoms with E-state index >= 15 is 0 Å². The van der Waals surface area contributed by atoms with Gasteiger partial charge in [-0.2, -0.15) is 0 Å². The van der Waals surface area contributed by atoms with Crippen LogP contribution in [0.1, 0.15) is 17.3 Å². The number of benzene rings is 1. The van der Waals surface area contributed by atoms with E-state index in [0.717, 1.165) is 12.1 Å². The first-order chi connectivity index (χ1) is 9.72. The van der Waals surface area contributed by atoms with Gasteiger partial charge in [0.05, 0.1) is 12.2 Å². The van der Waals surface area contributed by atoms with Gasteiger partial charge in [0, 0.05) is 25.2 Å². The maximum Gasteiger partial charge on any atom is 0.256 e. The van der Waals surface area contributed by atoms with Gasteiger partial charge in [0.15, 0.2) is 5.82 Å². The zero-order valence-electron chi connectivity index (χ0n) is 11.6.